The lowest BCUT2D eigenvalue weighted by atomic mass is 10.0. The van der Waals surface area contributed by atoms with Crippen LogP contribution in [0.25, 0.3) is 0 Å². The number of anilines is 2. The molecule has 4 heteroatoms. The van der Waals surface area contributed by atoms with Crippen molar-refractivity contribution < 1.29 is 0 Å². The van der Waals surface area contributed by atoms with Crippen molar-refractivity contribution in [1.29, 1.82) is 0 Å². The summed E-state index contributed by atoms with van der Waals surface area (Å²) in [4.78, 5) is 9.42. The van der Waals surface area contributed by atoms with Crippen molar-refractivity contribution in [1.82, 2.24) is 9.97 Å². The molecule has 1 heterocycles. The summed E-state index contributed by atoms with van der Waals surface area (Å²) in [6.45, 7) is 16.2. The maximum absolute atomic E-state index is 4.73. The Bertz CT molecular complexity index is 443. The fourth-order valence-corrected chi connectivity index (χ4v) is 2.06. The highest BCUT2D eigenvalue weighted by molar-refractivity contribution is 5.57. The molecule has 120 valence electrons. The van der Waals surface area contributed by atoms with E-state index in [1.165, 1.54) is 0 Å². The summed E-state index contributed by atoms with van der Waals surface area (Å²) >= 11 is 0. The molecule has 0 aliphatic heterocycles. The Hall–Kier alpha value is -1.32. The minimum atomic E-state index is 0.326. The molecule has 1 aromatic heterocycles. The van der Waals surface area contributed by atoms with Gasteiger partial charge in [-0.1, -0.05) is 41.0 Å². The van der Waals surface area contributed by atoms with E-state index in [1.54, 1.807) is 0 Å². The zero-order valence-corrected chi connectivity index (χ0v) is 14.7. The lowest BCUT2D eigenvalue weighted by Crippen LogP contribution is -2.25. The predicted molar refractivity (Wildman–Crippen MR) is 92.2 cm³/mol. The average molecular weight is 292 g/mol. The molecule has 1 aromatic rings. The van der Waals surface area contributed by atoms with E-state index in [2.05, 4.69) is 64.1 Å². The molecule has 21 heavy (non-hydrogen) atoms. The summed E-state index contributed by atoms with van der Waals surface area (Å²) in [5.74, 6) is 3.79. The summed E-state index contributed by atoms with van der Waals surface area (Å²) in [5.41, 5.74) is 1.11. The number of hydrogen-bond donors (Lipinski definition) is 2. The molecule has 0 aliphatic rings. The van der Waals surface area contributed by atoms with Crippen LogP contribution in [0.5, 0.6) is 0 Å². The van der Waals surface area contributed by atoms with E-state index in [0.717, 1.165) is 42.4 Å². The van der Waals surface area contributed by atoms with Crippen molar-refractivity contribution in [2.75, 3.05) is 17.2 Å². The van der Waals surface area contributed by atoms with Crippen molar-refractivity contribution in [2.45, 2.75) is 73.3 Å². The van der Waals surface area contributed by atoms with Gasteiger partial charge in [0.25, 0.3) is 0 Å². The van der Waals surface area contributed by atoms with Gasteiger partial charge in [-0.15, -0.1) is 0 Å². The summed E-state index contributed by atoms with van der Waals surface area (Å²) < 4.78 is 0. The van der Waals surface area contributed by atoms with Gasteiger partial charge in [0.1, 0.15) is 17.5 Å². The second-order valence-electron chi connectivity index (χ2n) is 6.30. The van der Waals surface area contributed by atoms with Gasteiger partial charge in [-0.2, -0.15) is 0 Å². The lowest BCUT2D eigenvalue weighted by Gasteiger charge is -2.23. The average Bonchev–Trinajstić information content (AvgIpc) is 2.46. The molecule has 0 saturated heterocycles. The van der Waals surface area contributed by atoms with Gasteiger partial charge >= 0.3 is 0 Å². The smallest absolute Gasteiger partial charge is 0.135 e. The van der Waals surface area contributed by atoms with E-state index in [1.807, 2.05) is 0 Å². The summed E-state index contributed by atoms with van der Waals surface area (Å²) in [7, 11) is 0. The second-order valence-corrected chi connectivity index (χ2v) is 6.30. The third-order valence-corrected chi connectivity index (χ3v) is 4.08. The van der Waals surface area contributed by atoms with E-state index in [0.29, 0.717) is 17.9 Å². The molecule has 2 unspecified atom stereocenters. The normalized spacial score (nSPS) is 14.1. The van der Waals surface area contributed by atoms with E-state index in [4.69, 9.17) is 4.98 Å². The van der Waals surface area contributed by atoms with Gasteiger partial charge < -0.3 is 10.6 Å². The largest absolute Gasteiger partial charge is 0.370 e. The van der Waals surface area contributed by atoms with Crippen molar-refractivity contribution in [3.8, 4) is 0 Å². The van der Waals surface area contributed by atoms with Crippen LogP contribution in [-0.2, 0) is 0 Å². The first-order valence-electron chi connectivity index (χ1n) is 8.29. The number of rotatable bonds is 8. The predicted octanol–water partition coefficient (Wildman–Crippen LogP) is 4.58. The molecule has 0 radical (unpaired) electrons. The van der Waals surface area contributed by atoms with E-state index >= 15 is 0 Å². The maximum Gasteiger partial charge on any atom is 0.135 e. The molecule has 2 N–H and O–H groups in total. The highest BCUT2D eigenvalue weighted by atomic mass is 15.1. The van der Waals surface area contributed by atoms with Gasteiger partial charge in [0.15, 0.2) is 0 Å². The molecule has 0 fully saturated rings. The van der Waals surface area contributed by atoms with Crippen LogP contribution in [-0.4, -0.2) is 22.6 Å². The third kappa shape index (κ3) is 4.87. The molecule has 1 rings (SSSR count). The SMILES string of the molecule is CCCNc1nc(C(C)C)nc(NC(C)C(C)CC)c1C. The van der Waals surface area contributed by atoms with Crippen molar-refractivity contribution in [3.63, 3.8) is 0 Å². The molecule has 4 nitrogen and oxygen atoms in total. The standard InChI is InChI=1S/C17H32N4/c1-8-10-18-16-13(6)17(19-14(7)12(5)9-2)21-15(20-16)11(3)4/h11-12,14H,8-10H2,1-7H3,(H2,18,19,20,21). The van der Waals surface area contributed by atoms with Crippen LogP contribution in [0.4, 0.5) is 11.6 Å². The van der Waals surface area contributed by atoms with Crippen LogP contribution in [0.15, 0.2) is 0 Å². The van der Waals surface area contributed by atoms with Gasteiger partial charge in [-0.05, 0) is 26.2 Å². The zero-order chi connectivity index (χ0) is 16.0. The maximum atomic E-state index is 4.73. The Morgan fingerprint density at radius 2 is 1.62 bits per heavy atom. The van der Waals surface area contributed by atoms with Crippen molar-refractivity contribution in [2.24, 2.45) is 5.92 Å². The lowest BCUT2D eigenvalue weighted by molar-refractivity contribution is 0.493. The molecule has 2 atom stereocenters. The number of nitrogens with one attached hydrogen (secondary N) is 2. The molecular weight excluding hydrogens is 260 g/mol. The molecule has 0 saturated carbocycles. The first kappa shape index (κ1) is 17.7. The first-order chi connectivity index (χ1) is 9.90. The molecular formula is C17H32N4. The molecule has 0 aliphatic carbocycles. The van der Waals surface area contributed by atoms with Crippen LogP contribution in [0.1, 0.15) is 71.7 Å². The monoisotopic (exact) mass is 292 g/mol. The number of hydrogen-bond acceptors (Lipinski definition) is 4. The van der Waals surface area contributed by atoms with Gasteiger partial charge in [0, 0.05) is 24.1 Å². The molecule has 0 amide bonds. The van der Waals surface area contributed by atoms with E-state index in [9.17, 15) is 0 Å². The van der Waals surface area contributed by atoms with Gasteiger partial charge in [0.2, 0.25) is 0 Å². The van der Waals surface area contributed by atoms with Crippen LogP contribution < -0.4 is 10.6 Å². The molecule has 0 aromatic carbocycles. The fraction of sp³-hybridized carbons (Fsp3) is 0.765. The van der Waals surface area contributed by atoms with E-state index < -0.39 is 0 Å². The summed E-state index contributed by atoms with van der Waals surface area (Å²) in [6, 6.07) is 0.405. The van der Waals surface area contributed by atoms with Crippen LogP contribution in [0.2, 0.25) is 0 Å². The first-order valence-corrected chi connectivity index (χ1v) is 8.29. The fourth-order valence-electron chi connectivity index (χ4n) is 2.06. The summed E-state index contributed by atoms with van der Waals surface area (Å²) in [6.07, 6.45) is 2.25. The van der Waals surface area contributed by atoms with Crippen LogP contribution in [0, 0.1) is 12.8 Å². The van der Waals surface area contributed by atoms with Gasteiger partial charge in [-0.25, -0.2) is 9.97 Å². The Kier molecular flexibility index (Phi) is 6.93. The van der Waals surface area contributed by atoms with Gasteiger partial charge in [-0.3, -0.25) is 0 Å². The van der Waals surface area contributed by atoms with E-state index in [-0.39, 0.29) is 0 Å². The third-order valence-electron chi connectivity index (χ3n) is 4.08. The zero-order valence-electron chi connectivity index (χ0n) is 14.7. The highest BCUT2D eigenvalue weighted by Crippen LogP contribution is 2.25. The summed E-state index contributed by atoms with van der Waals surface area (Å²) in [5, 5.41) is 7.01. The van der Waals surface area contributed by atoms with Crippen LogP contribution in [0.3, 0.4) is 0 Å². The Balaban J connectivity index is 3.08. The highest BCUT2D eigenvalue weighted by Gasteiger charge is 2.16. The second kappa shape index (κ2) is 8.20. The van der Waals surface area contributed by atoms with Gasteiger partial charge in [0.05, 0.1) is 0 Å². The minimum Gasteiger partial charge on any atom is -0.370 e. The Morgan fingerprint density at radius 3 is 2.14 bits per heavy atom. The quantitative estimate of drug-likeness (QED) is 0.736. The Morgan fingerprint density at radius 1 is 1.00 bits per heavy atom. The Labute approximate surface area is 130 Å². The van der Waals surface area contributed by atoms with Crippen molar-refractivity contribution in [3.05, 3.63) is 11.4 Å². The van der Waals surface area contributed by atoms with Crippen molar-refractivity contribution >= 4 is 11.6 Å². The van der Waals surface area contributed by atoms with Crippen LogP contribution >= 0.6 is 0 Å². The number of aromatic nitrogens is 2. The molecule has 0 spiro atoms. The number of nitrogens with zero attached hydrogens (tertiary/aromatic N) is 2. The minimum absolute atomic E-state index is 0.326. The topological polar surface area (TPSA) is 49.8 Å². The molecule has 0 bridgehead atoms.